The van der Waals surface area contributed by atoms with Crippen molar-refractivity contribution in [2.45, 2.75) is 51.5 Å². The van der Waals surface area contributed by atoms with Crippen LogP contribution in [0.2, 0.25) is 0 Å². The number of nitrogens with zero attached hydrogens (tertiary/aromatic N) is 2. The van der Waals surface area contributed by atoms with Crippen LogP contribution < -0.4 is 5.56 Å². The molecule has 2 aromatic heterocycles. The quantitative estimate of drug-likeness (QED) is 0.652. The first-order chi connectivity index (χ1) is 12.7. The number of aromatic amines is 1. The molecular weight excluding hydrogens is 355 g/mol. The number of hydrogen-bond donors (Lipinski definition) is 1. The van der Waals surface area contributed by atoms with Crippen molar-refractivity contribution in [1.82, 2.24) is 14.8 Å². The van der Waals surface area contributed by atoms with Gasteiger partial charge >= 0.3 is 0 Å². The number of aromatic nitrogens is 3. The van der Waals surface area contributed by atoms with Crippen molar-refractivity contribution in [3.05, 3.63) is 51.7 Å². The maximum absolute atomic E-state index is 14.6. The first kappa shape index (κ1) is 17.8. The van der Waals surface area contributed by atoms with Crippen LogP contribution in [-0.4, -0.2) is 14.8 Å². The Morgan fingerprint density at radius 2 is 1.78 bits per heavy atom. The van der Waals surface area contributed by atoms with Gasteiger partial charge < -0.3 is 4.98 Å². The Labute approximate surface area is 154 Å². The fraction of sp³-hybridized carbons (Fsp3) is 0.400. The van der Waals surface area contributed by atoms with Crippen LogP contribution in [0.4, 0.5) is 13.2 Å². The first-order valence-electron chi connectivity index (χ1n) is 8.98. The van der Waals surface area contributed by atoms with Gasteiger partial charge in [0, 0.05) is 28.1 Å². The van der Waals surface area contributed by atoms with E-state index >= 15 is 0 Å². The van der Waals surface area contributed by atoms with Crippen LogP contribution in [-0.2, 0) is 5.54 Å². The van der Waals surface area contributed by atoms with Gasteiger partial charge in [0.25, 0.3) is 5.56 Å². The van der Waals surface area contributed by atoms with Gasteiger partial charge in [0.15, 0.2) is 11.6 Å². The highest BCUT2D eigenvalue weighted by molar-refractivity contribution is 5.95. The van der Waals surface area contributed by atoms with Crippen LogP contribution >= 0.6 is 0 Å². The van der Waals surface area contributed by atoms with E-state index in [0.717, 1.165) is 25.3 Å². The predicted octanol–water partition coefficient (Wildman–Crippen LogP) is 4.83. The van der Waals surface area contributed by atoms with Crippen LogP contribution in [0.5, 0.6) is 0 Å². The summed E-state index contributed by atoms with van der Waals surface area (Å²) in [4.78, 5) is 15.8. The number of nitrogens with one attached hydrogen (secondary N) is 1. The molecule has 142 valence electrons. The number of H-pyrrole nitrogens is 1. The molecule has 0 saturated heterocycles. The standard InChI is InChI=1S/C20H20F3N3O/c1-20(2,3)26-18-12(9-24-26)17(11-7-14(22)15(23)8-13(11)21)16(19(27)25-18)10-5-4-6-10/h7-10H,4-6H2,1-3H3,(H,25,27). The molecule has 1 fully saturated rings. The topological polar surface area (TPSA) is 50.7 Å². The molecule has 1 aromatic carbocycles. The van der Waals surface area contributed by atoms with E-state index in [0.29, 0.717) is 28.2 Å². The smallest absolute Gasteiger partial charge is 0.253 e. The molecule has 0 aliphatic heterocycles. The van der Waals surface area contributed by atoms with Gasteiger partial charge in [0.2, 0.25) is 0 Å². The van der Waals surface area contributed by atoms with Crippen molar-refractivity contribution >= 4 is 11.0 Å². The van der Waals surface area contributed by atoms with Gasteiger partial charge in [-0.25, -0.2) is 17.9 Å². The number of benzene rings is 1. The monoisotopic (exact) mass is 375 g/mol. The Morgan fingerprint density at radius 3 is 2.37 bits per heavy atom. The molecule has 4 rings (SSSR count). The highest BCUT2D eigenvalue weighted by atomic mass is 19.2. The van der Waals surface area contributed by atoms with Gasteiger partial charge in [-0.3, -0.25) is 4.79 Å². The van der Waals surface area contributed by atoms with E-state index < -0.39 is 23.0 Å². The Kier molecular flexibility index (Phi) is 3.94. The van der Waals surface area contributed by atoms with Gasteiger partial charge in [-0.1, -0.05) is 6.42 Å². The minimum absolute atomic E-state index is 0.0290. The molecule has 0 spiro atoms. The molecule has 1 aliphatic carbocycles. The van der Waals surface area contributed by atoms with Crippen LogP contribution in [0.1, 0.15) is 51.5 Å². The number of fused-ring (bicyclic) bond motifs is 1. The lowest BCUT2D eigenvalue weighted by Gasteiger charge is -2.28. The molecule has 0 unspecified atom stereocenters. The largest absolute Gasteiger partial charge is 0.306 e. The third kappa shape index (κ3) is 2.76. The fourth-order valence-corrected chi connectivity index (χ4v) is 3.68. The van der Waals surface area contributed by atoms with E-state index in [1.165, 1.54) is 0 Å². The van der Waals surface area contributed by atoms with Crippen molar-refractivity contribution < 1.29 is 13.2 Å². The first-order valence-corrected chi connectivity index (χ1v) is 8.98. The van der Waals surface area contributed by atoms with Crippen molar-refractivity contribution in [2.24, 2.45) is 0 Å². The second kappa shape index (κ2) is 5.97. The molecular formula is C20H20F3N3O. The van der Waals surface area contributed by atoms with Crippen LogP contribution in [0.15, 0.2) is 23.1 Å². The van der Waals surface area contributed by atoms with E-state index in [2.05, 4.69) is 10.1 Å². The van der Waals surface area contributed by atoms with Crippen molar-refractivity contribution in [3.63, 3.8) is 0 Å². The van der Waals surface area contributed by atoms with E-state index in [9.17, 15) is 18.0 Å². The van der Waals surface area contributed by atoms with Crippen LogP contribution in [0.25, 0.3) is 22.2 Å². The minimum Gasteiger partial charge on any atom is -0.306 e. The van der Waals surface area contributed by atoms with Gasteiger partial charge in [-0.15, -0.1) is 0 Å². The number of pyridine rings is 1. The molecule has 1 N–H and O–H groups in total. The van der Waals surface area contributed by atoms with Gasteiger partial charge in [0.05, 0.1) is 11.7 Å². The Balaban J connectivity index is 2.12. The molecule has 1 saturated carbocycles. The van der Waals surface area contributed by atoms with Crippen LogP contribution in [0.3, 0.4) is 0 Å². The molecule has 4 nitrogen and oxygen atoms in total. The summed E-state index contributed by atoms with van der Waals surface area (Å²) in [5.74, 6) is -3.33. The number of rotatable bonds is 2. The minimum atomic E-state index is -1.26. The summed E-state index contributed by atoms with van der Waals surface area (Å²) in [5.41, 5.74) is 0.303. The lowest BCUT2D eigenvalue weighted by molar-refractivity contribution is 0.365. The molecule has 7 heteroatoms. The molecule has 0 bridgehead atoms. The Hall–Kier alpha value is -2.57. The summed E-state index contributed by atoms with van der Waals surface area (Å²) < 4.78 is 43.7. The maximum atomic E-state index is 14.6. The summed E-state index contributed by atoms with van der Waals surface area (Å²) in [5, 5.41) is 4.89. The summed E-state index contributed by atoms with van der Waals surface area (Å²) in [6.45, 7) is 5.78. The summed E-state index contributed by atoms with van der Waals surface area (Å²) in [6, 6.07) is 1.35. The van der Waals surface area contributed by atoms with E-state index in [1.807, 2.05) is 20.8 Å². The van der Waals surface area contributed by atoms with Gasteiger partial charge in [0.1, 0.15) is 11.5 Å². The lowest BCUT2D eigenvalue weighted by atomic mass is 9.77. The van der Waals surface area contributed by atoms with Crippen molar-refractivity contribution in [3.8, 4) is 11.1 Å². The SMILES string of the molecule is CC(C)(C)n1ncc2c(-c3cc(F)c(F)cc3F)c(C3CCC3)c(=O)[nH]c21. The third-order valence-electron chi connectivity index (χ3n) is 5.21. The lowest BCUT2D eigenvalue weighted by Crippen LogP contribution is -2.27. The molecule has 0 amide bonds. The molecule has 1 aliphatic rings. The van der Waals surface area contributed by atoms with Gasteiger partial charge in [-0.05, 0) is 45.6 Å². The zero-order valence-corrected chi connectivity index (χ0v) is 15.4. The second-order valence-electron chi connectivity index (χ2n) is 8.11. The molecule has 0 atom stereocenters. The fourth-order valence-electron chi connectivity index (χ4n) is 3.68. The zero-order valence-electron chi connectivity index (χ0n) is 15.4. The van der Waals surface area contributed by atoms with Crippen LogP contribution in [0, 0.1) is 17.5 Å². The van der Waals surface area contributed by atoms with E-state index in [1.54, 1.807) is 10.9 Å². The van der Waals surface area contributed by atoms with E-state index in [-0.39, 0.29) is 17.0 Å². The van der Waals surface area contributed by atoms with Gasteiger partial charge in [-0.2, -0.15) is 5.10 Å². The summed E-state index contributed by atoms with van der Waals surface area (Å²) in [7, 11) is 0. The molecule has 2 heterocycles. The maximum Gasteiger partial charge on any atom is 0.253 e. The number of hydrogen-bond acceptors (Lipinski definition) is 2. The normalized spacial score (nSPS) is 15.3. The zero-order chi connectivity index (χ0) is 19.5. The third-order valence-corrected chi connectivity index (χ3v) is 5.21. The predicted molar refractivity (Wildman–Crippen MR) is 97.3 cm³/mol. The highest BCUT2D eigenvalue weighted by Crippen LogP contribution is 2.43. The van der Waals surface area contributed by atoms with E-state index in [4.69, 9.17) is 0 Å². The summed E-state index contributed by atoms with van der Waals surface area (Å²) in [6.07, 6.45) is 4.14. The number of halogens is 3. The summed E-state index contributed by atoms with van der Waals surface area (Å²) >= 11 is 0. The average Bonchev–Trinajstić information content (AvgIpc) is 2.93. The molecule has 27 heavy (non-hydrogen) atoms. The molecule has 0 radical (unpaired) electrons. The Morgan fingerprint density at radius 1 is 1.11 bits per heavy atom. The Bertz CT molecular complexity index is 1100. The highest BCUT2D eigenvalue weighted by Gasteiger charge is 2.30. The second-order valence-corrected chi connectivity index (χ2v) is 8.11. The molecule has 3 aromatic rings. The van der Waals surface area contributed by atoms with Crippen molar-refractivity contribution in [2.75, 3.05) is 0 Å². The average molecular weight is 375 g/mol. The van der Waals surface area contributed by atoms with Crippen molar-refractivity contribution in [1.29, 1.82) is 0 Å².